The van der Waals surface area contributed by atoms with Gasteiger partial charge in [0, 0.05) is 31.7 Å². The Morgan fingerprint density at radius 2 is 1.88 bits per heavy atom. The molecular formula is C17H25N5O2. The van der Waals surface area contributed by atoms with Gasteiger partial charge in [0.15, 0.2) is 0 Å². The lowest BCUT2D eigenvalue weighted by atomic mass is 9.94. The van der Waals surface area contributed by atoms with Crippen molar-refractivity contribution in [1.82, 2.24) is 14.9 Å². The molecule has 0 saturated carbocycles. The van der Waals surface area contributed by atoms with Gasteiger partial charge in [0.05, 0.1) is 11.4 Å². The molecule has 24 heavy (non-hydrogen) atoms. The van der Waals surface area contributed by atoms with Crippen molar-refractivity contribution in [2.45, 2.75) is 45.6 Å². The number of primary amides is 1. The Bertz CT molecular complexity index is 640. The summed E-state index contributed by atoms with van der Waals surface area (Å²) in [6.45, 7) is 6.11. The van der Waals surface area contributed by atoms with Crippen molar-refractivity contribution in [3.63, 3.8) is 0 Å². The molecule has 1 aromatic heterocycles. The molecule has 1 unspecified atom stereocenters. The molecule has 2 aliphatic heterocycles. The molecule has 3 rings (SSSR count). The lowest BCUT2D eigenvalue weighted by Gasteiger charge is -2.35. The van der Waals surface area contributed by atoms with E-state index in [1.165, 1.54) is 0 Å². The normalized spacial score (nSPS) is 22.0. The molecule has 0 aliphatic carbocycles. The summed E-state index contributed by atoms with van der Waals surface area (Å²) in [5.41, 5.74) is 7.24. The van der Waals surface area contributed by atoms with Gasteiger partial charge in [-0.1, -0.05) is 0 Å². The number of anilines is 1. The van der Waals surface area contributed by atoms with E-state index >= 15 is 0 Å². The monoisotopic (exact) mass is 331 g/mol. The Morgan fingerprint density at radius 1 is 1.17 bits per heavy atom. The minimum absolute atomic E-state index is 0.0284. The number of likely N-dealkylation sites (tertiary alicyclic amines) is 1. The van der Waals surface area contributed by atoms with Crippen LogP contribution in [0.5, 0.6) is 0 Å². The van der Waals surface area contributed by atoms with E-state index < -0.39 is 6.04 Å². The zero-order valence-corrected chi connectivity index (χ0v) is 14.4. The summed E-state index contributed by atoms with van der Waals surface area (Å²) in [6.07, 6.45) is 4.87. The van der Waals surface area contributed by atoms with Crippen LogP contribution >= 0.6 is 0 Å². The topological polar surface area (TPSA) is 92.4 Å². The van der Waals surface area contributed by atoms with E-state index in [1.54, 1.807) is 11.1 Å². The highest BCUT2D eigenvalue weighted by molar-refractivity contribution is 5.88. The van der Waals surface area contributed by atoms with Crippen molar-refractivity contribution in [3.8, 4) is 0 Å². The zero-order valence-electron chi connectivity index (χ0n) is 14.4. The number of aryl methyl sites for hydroxylation is 2. The van der Waals surface area contributed by atoms with Gasteiger partial charge in [-0.2, -0.15) is 0 Å². The van der Waals surface area contributed by atoms with Crippen LogP contribution in [-0.4, -0.2) is 52.4 Å². The van der Waals surface area contributed by atoms with Crippen molar-refractivity contribution in [3.05, 3.63) is 17.6 Å². The lowest BCUT2D eigenvalue weighted by Crippen LogP contribution is -2.48. The summed E-state index contributed by atoms with van der Waals surface area (Å²) in [5.74, 6) is 0.586. The molecule has 2 saturated heterocycles. The minimum Gasteiger partial charge on any atom is -0.368 e. The number of hydrogen-bond acceptors (Lipinski definition) is 5. The van der Waals surface area contributed by atoms with Crippen molar-refractivity contribution < 1.29 is 9.59 Å². The molecule has 2 amide bonds. The van der Waals surface area contributed by atoms with E-state index in [0.29, 0.717) is 13.0 Å². The van der Waals surface area contributed by atoms with Gasteiger partial charge in [0.2, 0.25) is 11.8 Å². The molecule has 130 valence electrons. The molecular weight excluding hydrogens is 306 g/mol. The van der Waals surface area contributed by atoms with E-state index in [4.69, 9.17) is 5.73 Å². The van der Waals surface area contributed by atoms with Gasteiger partial charge in [-0.25, -0.2) is 4.98 Å². The largest absolute Gasteiger partial charge is 0.368 e. The number of piperidine rings is 1. The molecule has 2 aliphatic rings. The Hall–Kier alpha value is -2.18. The van der Waals surface area contributed by atoms with Gasteiger partial charge in [-0.3, -0.25) is 14.6 Å². The third-order valence-electron chi connectivity index (χ3n) is 5.06. The SMILES string of the molecule is Cc1cnc(C)c(N2CCC(C(=O)N3CCCC3C(N)=O)CC2)n1. The number of carbonyl (C=O) groups is 2. The molecule has 7 heteroatoms. The number of carbonyl (C=O) groups excluding carboxylic acids is 2. The number of hydrogen-bond donors (Lipinski definition) is 1. The molecule has 7 nitrogen and oxygen atoms in total. The summed E-state index contributed by atoms with van der Waals surface area (Å²) in [6, 6.07) is -0.416. The fourth-order valence-corrected chi connectivity index (χ4v) is 3.72. The fourth-order valence-electron chi connectivity index (χ4n) is 3.72. The molecule has 0 aromatic carbocycles. The number of nitrogens with zero attached hydrogens (tertiary/aromatic N) is 4. The molecule has 0 spiro atoms. The van der Waals surface area contributed by atoms with Crippen LogP contribution in [0.3, 0.4) is 0 Å². The number of amides is 2. The van der Waals surface area contributed by atoms with Crippen LogP contribution in [0.15, 0.2) is 6.20 Å². The zero-order chi connectivity index (χ0) is 17.3. The quantitative estimate of drug-likeness (QED) is 0.884. The van der Waals surface area contributed by atoms with E-state index in [9.17, 15) is 9.59 Å². The maximum atomic E-state index is 12.8. The highest BCUT2D eigenvalue weighted by Crippen LogP contribution is 2.27. The van der Waals surface area contributed by atoms with E-state index in [2.05, 4.69) is 14.9 Å². The first kappa shape index (κ1) is 16.7. The number of aromatic nitrogens is 2. The number of rotatable bonds is 3. The maximum Gasteiger partial charge on any atom is 0.240 e. The molecule has 1 atom stereocenters. The van der Waals surface area contributed by atoms with Gasteiger partial charge < -0.3 is 15.5 Å². The molecule has 0 bridgehead atoms. The molecule has 2 N–H and O–H groups in total. The summed E-state index contributed by atoms with van der Waals surface area (Å²) in [4.78, 5) is 37.1. The predicted molar refractivity (Wildman–Crippen MR) is 90.4 cm³/mol. The van der Waals surface area contributed by atoms with Crippen LogP contribution in [0, 0.1) is 19.8 Å². The second-order valence-corrected chi connectivity index (χ2v) is 6.77. The van der Waals surface area contributed by atoms with Gasteiger partial charge in [0.25, 0.3) is 0 Å². The van der Waals surface area contributed by atoms with Crippen molar-refractivity contribution in [1.29, 1.82) is 0 Å². The highest BCUT2D eigenvalue weighted by atomic mass is 16.2. The predicted octanol–water partition coefficient (Wildman–Crippen LogP) is 0.786. The molecule has 2 fully saturated rings. The Balaban J connectivity index is 1.63. The van der Waals surface area contributed by atoms with Gasteiger partial charge in [-0.05, 0) is 39.5 Å². The van der Waals surface area contributed by atoms with E-state index in [-0.39, 0.29) is 17.7 Å². The Kier molecular flexibility index (Phi) is 4.69. The van der Waals surface area contributed by atoms with E-state index in [1.807, 2.05) is 13.8 Å². The van der Waals surface area contributed by atoms with Crippen LogP contribution < -0.4 is 10.6 Å². The summed E-state index contributed by atoms with van der Waals surface area (Å²) >= 11 is 0. The van der Waals surface area contributed by atoms with Gasteiger partial charge in [-0.15, -0.1) is 0 Å². The van der Waals surface area contributed by atoms with Crippen LogP contribution in [-0.2, 0) is 9.59 Å². The Labute approximate surface area is 142 Å². The first-order chi connectivity index (χ1) is 11.5. The average Bonchev–Trinajstić information content (AvgIpc) is 3.06. The minimum atomic E-state index is -0.416. The van der Waals surface area contributed by atoms with Crippen molar-refractivity contribution in [2.24, 2.45) is 11.7 Å². The van der Waals surface area contributed by atoms with Crippen LogP contribution in [0.2, 0.25) is 0 Å². The summed E-state index contributed by atoms with van der Waals surface area (Å²) < 4.78 is 0. The van der Waals surface area contributed by atoms with Crippen LogP contribution in [0.4, 0.5) is 5.82 Å². The van der Waals surface area contributed by atoms with Gasteiger partial charge >= 0.3 is 0 Å². The Morgan fingerprint density at radius 3 is 2.54 bits per heavy atom. The number of nitrogens with two attached hydrogens (primary N) is 1. The van der Waals surface area contributed by atoms with Gasteiger partial charge in [0.1, 0.15) is 11.9 Å². The third kappa shape index (κ3) is 3.20. The second kappa shape index (κ2) is 6.75. The average molecular weight is 331 g/mol. The molecule has 3 heterocycles. The molecule has 0 radical (unpaired) electrons. The lowest BCUT2D eigenvalue weighted by molar-refractivity contribution is -0.141. The smallest absolute Gasteiger partial charge is 0.240 e. The fraction of sp³-hybridized carbons (Fsp3) is 0.647. The summed E-state index contributed by atoms with van der Waals surface area (Å²) in [7, 11) is 0. The standard InChI is InChI=1S/C17H25N5O2/c1-11-10-19-12(2)16(20-11)21-8-5-13(6-9-21)17(24)22-7-3-4-14(22)15(18)23/h10,13-14H,3-9H2,1-2H3,(H2,18,23). The van der Waals surface area contributed by atoms with Crippen LogP contribution in [0.25, 0.3) is 0 Å². The van der Waals surface area contributed by atoms with Crippen LogP contribution in [0.1, 0.15) is 37.1 Å². The first-order valence-corrected chi connectivity index (χ1v) is 8.62. The van der Waals surface area contributed by atoms with Crippen molar-refractivity contribution >= 4 is 17.6 Å². The summed E-state index contributed by atoms with van der Waals surface area (Å²) in [5, 5.41) is 0. The van der Waals surface area contributed by atoms with E-state index in [0.717, 1.165) is 49.6 Å². The molecule has 1 aromatic rings. The second-order valence-electron chi connectivity index (χ2n) is 6.77. The maximum absolute atomic E-state index is 12.8. The third-order valence-corrected chi connectivity index (χ3v) is 5.06. The van der Waals surface area contributed by atoms with Crippen molar-refractivity contribution in [2.75, 3.05) is 24.5 Å². The highest BCUT2D eigenvalue weighted by Gasteiger charge is 2.37. The first-order valence-electron chi connectivity index (χ1n) is 8.62.